The first-order valence-electron chi connectivity index (χ1n) is 9.81. The lowest BCUT2D eigenvalue weighted by Gasteiger charge is -2.20. The van der Waals surface area contributed by atoms with Gasteiger partial charge in [0.1, 0.15) is 16.8 Å². The van der Waals surface area contributed by atoms with Crippen molar-refractivity contribution < 1.29 is 4.79 Å². The average Bonchev–Trinajstić information content (AvgIpc) is 3.16. The Bertz CT molecular complexity index is 1200. The third-order valence-corrected chi connectivity index (χ3v) is 5.43. The van der Waals surface area contributed by atoms with Gasteiger partial charge in [-0.2, -0.15) is 0 Å². The summed E-state index contributed by atoms with van der Waals surface area (Å²) in [5, 5.41) is 12.0. The van der Waals surface area contributed by atoms with E-state index < -0.39 is 0 Å². The van der Waals surface area contributed by atoms with Crippen LogP contribution in [0.25, 0.3) is 16.7 Å². The standard InChI is InChI=1S/C21H25N5O2/c1-12(2)23-20(27)15-11-16-19(26(17(15)22)14-8-4-5-9-14)24-18-13(3)7-6-10-25(18)21(16)28/h6-7,10-12,14,22H,4-5,8-9H2,1-3H3,(H,23,27). The molecule has 3 aromatic heterocycles. The summed E-state index contributed by atoms with van der Waals surface area (Å²) < 4.78 is 3.33. The molecule has 1 aliphatic rings. The number of aromatic nitrogens is 3. The van der Waals surface area contributed by atoms with Crippen molar-refractivity contribution in [2.24, 2.45) is 0 Å². The first kappa shape index (κ1) is 18.4. The Morgan fingerprint density at radius 1 is 1.29 bits per heavy atom. The van der Waals surface area contributed by atoms with Gasteiger partial charge >= 0.3 is 0 Å². The van der Waals surface area contributed by atoms with Crippen molar-refractivity contribution in [3.63, 3.8) is 0 Å². The normalized spacial score (nSPS) is 15.0. The van der Waals surface area contributed by atoms with Crippen LogP contribution in [0, 0.1) is 12.3 Å². The molecule has 0 aliphatic heterocycles. The molecule has 1 aliphatic carbocycles. The second-order valence-electron chi connectivity index (χ2n) is 7.88. The van der Waals surface area contributed by atoms with E-state index in [2.05, 4.69) is 5.32 Å². The Kier molecular flexibility index (Phi) is 4.53. The lowest BCUT2D eigenvalue weighted by atomic mass is 10.1. The molecule has 1 amide bonds. The fraction of sp³-hybridized carbons (Fsp3) is 0.429. The Labute approximate surface area is 162 Å². The molecule has 0 bridgehead atoms. The lowest BCUT2D eigenvalue weighted by Crippen LogP contribution is -2.38. The molecule has 1 fully saturated rings. The van der Waals surface area contributed by atoms with Crippen LogP contribution >= 0.6 is 0 Å². The highest BCUT2D eigenvalue weighted by molar-refractivity contribution is 5.97. The Balaban J connectivity index is 2.11. The number of fused-ring (bicyclic) bond motifs is 2. The van der Waals surface area contributed by atoms with E-state index in [1.807, 2.05) is 37.5 Å². The number of hydrogen-bond acceptors (Lipinski definition) is 4. The Morgan fingerprint density at radius 3 is 2.68 bits per heavy atom. The maximum absolute atomic E-state index is 13.2. The summed E-state index contributed by atoms with van der Waals surface area (Å²) in [5.41, 5.74) is 2.12. The number of hydrogen-bond donors (Lipinski definition) is 2. The minimum absolute atomic E-state index is 0.0546. The third kappa shape index (κ3) is 2.91. The van der Waals surface area contributed by atoms with Gasteiger partial charge in [-0.1, -0.05) is 18.9 Å². The molecule has 7 heteroatoms. The van der Waals surface area contributed by atoms with Gasteiger partial charge in [0.2, 0.25) is 0 Å². The van der Waals surface area contributed by atoms with Crippen molar-refractivity contribution in [2.45, 2.75) is 58.5 Å². The predicted octanol–water partition coefficient (Wildman–Crippen LogP) is 2.69. The molecule has 0 unspecified atom stereocenters. The zero-order chi connectivity index (χ0) is 20.0. The molecule has 2 N–H and O–H groups in total. The van der Waals surface area contributed by atoms with Crippen LogP contribution in [0.5, 0.6) is 0 Å². The number of pyridine rings is 2. The molecule has 28 heavy (non-hydrogen) atoms. The molecule has 1 saturated carbocycles. The number of nitrogens with one attached hydrogen (secondary N) is 2. The Morgan fingerprint density at radius 2 is 2.00 bits per heavy atom. The summed E-state index contributed by atoms with van der Waals surface area (Å²) in [6.45, 7) is 5.67. The summed E-state index contributed by atoms with van der Waals surface area (Å²) in [5.74, 6) is -0.331. The van der Waals surface area contributed by atoms with Crippen LogP contribution in [0.1, 0.15) is 61.5 Å². The van der Waals surface area contributed by atoms with Crippen molar-refractivity contribution >= 4 is 22.6 Å². The van der Waals surface area contributed by atoms with Crippen molar-refractivity contribution in [1.82, 2.24) is 19.3 Å². The predicted molar refractivity (Wildman–Crippen MR) is 108 cm³/mol. The maximum Gasteiger partial charge on any atom is 0.267 e. The van der Waals surface area contributed by atoms with Crippen molar-refractivity contribution in [2.75, 3.05) is 0 Å². The molecule has 0 aromatic carbocycles. The van der Waals surface area contributed by atoms with Crippen molar-refractivity contribution in [1.29, 1.82) is 5.41 Å². The quantitative estimate of drug-likeness (QED) is 0.685. The third-order valence-electron chi connectivity index (χ3n) is 5.43. The zero-order valence-corrected chi connectivity index (χ0v) is 16.5. The molecule has 0 atom stereocenters. The molecule has 3 aromatic rings. The first-order chi connectivity index (χ1) is 13.4. The van der Waals surface area contributed by atoms with Gasteiger partial charge < -0.3 is 9.88 Å². The molecule has 146 valence electrons. The highest BCUT2D eigenvalue weighted by Gasteiger charge is 2.24. The van der Waals surface area contributed by atoms with Crippen LogP contribution < -0.4 is 16.4 Å². The molecule has 7 nitrogen and oxygen atoms in total. The summed E-state index contributed by atoms with van der Waals surface area (Å²) in [6.07, 6.45) is 5.70. The highest BCUT2D eigenvalue weighted by Crippen LogP contribution is 2.30. The molecule has 3 heterocycles. The molecule has 4 rings (SSSR count). The van der Waals surface area contributed by atoms with E-state index in [9.17, 15) is 9.59 Å². The van der Waals surface area contributed by atoms with E-state index in [1.54, 1.807) is 6.20 Å². The fourth-order valence-electron chi connectivity index (χ4n) is 4.09. The van der Waals surface area contributed by atoms with Gasteiger partial charge in [0.15, 0.2) is 0 Å². The first-order valence-corrected chi connectivity index (χ1v) is 9.81. The lowest BCUT2D eigenvalue weighted by molar-refractivity contribution is 0.0940. The number of carbonyl (C=O) groups is 1. The topological polar surface area (TPSA) is 92.3 Å². The number of carbonyl (C=O) groups excluding carboxylic acids is 1. The van der Waals surface area contributed by atoms with Gasteiger partial charge in [-0.15, -0.1) is 0 Å². The van der Waals surface area contributed by atoms with E-state index in [1.165, 1.54) is 10.5 Å². The monoisotopic (exact) mass is 379 g/mol. The highest BCUT2D eigenvalue weighted by atomic mass is 16.1. The molecular weight excluding hydrogens is 354 g/mol. The second kappa shape index (κ2) is 6.89. The zero-order valence-electron chi connectivity index (χ0n) is 16.5. The van der Waals surface area contributed by atoms with Crippen LogP contribution in [0.4, 0.5) is 0 Å². The average molecular weight is 379 g/mol. The second-order valence-corrected chi connectivity index (χ2v) is 7.88. The molecular formula is C21H25N5O2. The van der Waals surface area contributed by atoms with Crippen LogP contribution in [0.15, 0.2) is 29.2 Å². The van der Waals surface area contributed by atoms with Crippen LogP contribution in [-0.2, 0) is 0 Å². The summed E-state index contributed by atoms with van der Waals surface area (Å²) in [7, 11) is 0. The van der Waals surface area contributed by atoms with Gasteiger partial charge in [0, 0.05) is 18.3 Å². The van der Waals surface area contributed by atoms with Gasteiger partial charge in [-0.05, 0) is 51.3 Å². The maximum atomic E-state index is 13.2. The summed E-state index contributed by atoms with van der Waals surface area (Å²) in [4.78, 5) is 30.8. The van der Waals surface area contributed by atoms with E-state index in [4.69, 9.17) is 10.4 Å². The minimum atomic E-state index is -0.331. The van der Waals surface area contributed by atoms with Crippen LogP contribution in [-0.4, -0.2) is 25.9 Å². The number of rotatable bonds is 3. The molecule has 0 radical (unpaired) electrons. The van der Waals surface area contributed by atoms with Gasteiger partial charge in [0.05, 0.1) is 10.9 Å². The number of nitrogens with zero attached hydrogens (tertiary/aromatic N) is 3. The van der Waals surface area contributed by atoms with Gasteiger partial charge in [-0.3, -0.25) is 19.4 Å². The number of amides is 1. The molecule has 0 spiro atoms. The largest absolute Gasteiger partial charge is 0.350 e. The van der Waals surface area contributed by atoms with Crippen LogP contribution in [0.2, 0.25) is 0 Å². The fourth-order valence-corrected chi connectivity index (χ4v) is 4.09. The van der Waals surface area contributed by atoms with Gasteiger partial charge in [-0.25, -0.2) is 4.98 Å². The number of aryl methyl sites for hydroxylation is 1. The van der Waals surface area contributed by atoms with E-state index in [-0.39, 0.29) is 34.6 Å². The summed E-state index contributed by atoms with van der Waals surface area (Å²) >= 11 is 0. The van der Waals surface area contributed by atoms with Crippen LogP contribution in [0.3, 0.4) is 0 Å². The van der Waals surface area contributed by atoms with E-state index >= 15 is 0 Å². The van der Waals surface area contributed by atoms with Gasteiger partial charge in [0.25, 0.3) is 11.5 Å². The van der Waals surface area contributed by atoms with Crippen molar-refractivity contribution in [3.05, 3.63) is 51.4 Å². The SMILES string of the molecule is Cc1cccn2c(=O)c3cc(C(=O)NC(C)C)c(=N)n(C4CCCC4)c3nc12. The summed E-state index contributed by atoms with van der Waals surface area (Å²) in [6, 6.07) is 5.29. The van der Waals surface area contributed by atoms with E-state index in [0.29, 0.717) is 16.7 Å². The smallest absolute Gasteiger partial charge is 0.267 e. The Hall–Kier alpha value is -2.96. The minimum Gasteiger partial charge on any atom is -0.350 e. The van der Waals surface area contributed by atoms with Crippen molar-refractivity contribution in [3.8, 4) is 0 Å². The van der Waals surface area contributed by atoms with E-state index in [0.717, 1.165) is 31.2 Å². The molecule has 0 saturated heterocycles.